The average Bonchev–Trinajstić information content (AvgIpc) is 2.82. The van der Waals surface area contributed by atoms with Crippen LogP contribution in [0.15, 0.2) is 36.4 Å². The first-order chi connectivity index (χ1) is 9.16. The lowest BCUT2D eigenvalue weighted by molar-refractivity contribution is -0.384. The molecule has 0 atom stereocenters. The summed E-state index contributed by atoms with van der Waals surface area (Å²) in [6, 6.07) is 11.1. The molecule has 0 fully saturated rings. The number of nitro groups is 1. The van der Waals surface area contributed by atoms with Gasteiger partial charge in [0.1, 0.15) is 5.82 Å². The molecule has 1 aliphatic heterocycles. The number of benzene rings is 1. The highest BCUT2D eigenvalue weighted by Gasteiger charge is 2.22. The largest absolute Gasteiger partial charge is 0.378 e. The fourth-order valence-corrected chi connectivity index (χ4v) is 2.34. The summed E-state index contributed by atoms with van der Waals surface area (Å²) in [5.74, 6) is 0.597. The molecule has 0 radical (unpaired) electrons. The van der Waals surface area contributed by atoms with Crippen LogP contribution in [0.3, 0.4) is 0 Å². The van der Waals surface area contributed by atoms with E-state index in [1.807, 2.05) is 23.1 Å². The fraction of sp³-hybridized carbons (Fsp3) is 0.154. The highest BCUT2D eigenvalue weighted by Crippen LogP contribution is 2.34. The van der Waals surface area contributed by atoms with Crippen LogP contribution in [0.1, 0.15) is 5.56 Å². The van der Waals surface area contributed by atoms with Crippen molar-refractivity contribution >= 4 is 23.0 Å². The number of anilines is 3. The minimum atomic E-state index is -0.524. The number of nitrogens with two attached hydrogens (primary N) is 1. The lowest BCUT2D eigenvalue weighted by atomic mass is 10.2. The van der Waals surface area contributed by atoms with Crippen molar-refractivity contribution < 1.29 is 4.92 Å². The van der Waals surface area contributed by atoms with Crippen molar-refractivity contribution in [3.63, 3.8) is 0 Å². The van der Waals surface area contributed by atoms with Crippen molar-refractivity contribution in [3.8, 4) is 0 Å². The summed E-state index contributed by atoms with van der Waals surface area (Å²) in [7, 11) is 0. The first kappa shape index (κ1) is 11.5. The van der Waals surface area contributed by atoms with E-state index in [0.29, 0.717) is 5.82 Å². The molecule has 6 heteroatoms. The van der Waals surface area contributed by atoms with Gasteiger partial charge in [-0.25, -0.2) is 4.98 Å². The molecule has 0 saturated carbocycles. The molecule has 2 heterocycles. The highest BCUT2D eigenvalue weighted by molar-refractivity contribution is 5.69. The van der Waals surface area contributed by atoms with E-state index in [4.69, 9.17) is 5.73 Å². The summed E-state index contributed by atoms with van der Waals surface area (Å²) in [6.07, 6.45) is 0.939. The number of fused-ring (bicyclic) bond motifs is 1. The van der Waals surface area contributed by atoms with Crippen LogP contribution in [-0.2, 0) is 6.42 Å². The summed E-state index contributed by atoms with van der Waals surface area (Å²) >= 11 is 0. The first-order valence-electron chi connectivity index (χ1n) is 5.93. The Balaban J connectivity index is 2.01. The third-order valence-electron chi connectivity index (χ3n) is 3.25. The van der Waals surface area contributed by atoms with Crippen LogP contribution in [0.2, 0.25) is 0 Å². The maximum atomic E-state index is 10.7. The van der Waals surface area contributed by atoms with Crippen LogP contribution in [-0.4, -0.2) is 16.5 Å². The normalized spacial score (nSPS) is 13.4. The second-order valence-electron chi connectivity index (χ2n) is 4.36. The Morgan fingerprint density at radius 3 is 2.79 bits per heavy atom. The topological polar surface area (TPSA) is 85.3 Å². The monoisotopic (exact) mass is 256 g/mol. The molecule has 96 valence electrons. The molecule has 3 rings (SSSR count). The van der Waals surface area contributed by atoms with E-state index in [1.54, 1.807) is 6.07 Å². The second kappa shape index (κ2) is 4.24. The zero-order chi connectivity index (χ0) is 13.4. The van der Waals surface area contributed by atoms with Crippen molar-refractivity contribution in [2.45, 2.75) is 6.42 Å². The van der Waals surface area contributed by atoms with Gasteiger partial charge in [-0.2, -0.15) is 0 Å². The van der Waals surface area contributed by atoms with Gasteiger partial charge in [0.15, 0.2) is 0 Å². The maximum Gasteiger partial charge on any atom is 0.311 e. The van der Waals surface area contributed by atoms with Gasteiger partial charge in [0.05, 0.1) is 4.92 Å². The predicted molar refractivity (Wildman–Crippen MR) is 72.5 cm³/mol. The SMILES string of the molecule is Nc1nc(N2CCc3ccccc32)ccc1[N+](=O)[O-]. The lowest BCUT2D eigenvalue weighted by Crippen LogP contribution is -2.15. The number of nitrogens with zero attached hydrogens (tertiary/aromatic N) is 3. The van der Waals surface area contributed by atoms with Gasteiger partial charge in [0.2, 0.25) is 5.82 Å². The Morgan fingerprint density at radius 1 is 1.26 bits per heavy atom. The lowest BCUT2D eigenvalue weighted by Gasteiger charge is -2.18. The Labute approximate surface area is 109 Å². The molecular formula is C13H12N4O2. The van der Waals surface area contributed by atoms with Gasteiger partial charge in [-0.1, -0.05) is 18.2 Å². The Hall–Kier alpha value is -2.63. The summed E-state index contributed by atoms with van der Waals surface area (Å²) in [4.78, 5) is 16.4. The van der Waals surface area contributed by atoms with Crippen LogP contribution in [0, 0.1) is 10.1 Å². The average molecular weight is 256 g/mol. The molecule has 2 aromatic rings. The van der Waals surface area contributed by atoms with E-state index in [-0.39, 0.29) is 11.5 Å². The first-order valence-corrected chi connectivity index (χ1v) is 5.93. The van der Waals surface area contributed by atoms with E-state index in [0.717, 1.165) is 18.7 Å². The summed E-state index contributed by atoms with van der Waals surface area (Å²) in [5.41, 5.74) is 7.81. The summed E-state index contributed by atoms with van der Waals surface area (Å²) < 4.78 is 0. The number of para-hydroxylation sites is 1. The van der Waals surface area contributed by atoms with Crippen LogP contribution in [0.4, 0.5) is 23.0 Å². The smallest absolute Gasteiger partial charge is 0.311 e. The van der Waals surface area contributed by atoms with Crippen LogP contribution >= 0.6 is 0 Å². The molecule has 1 aliphatic rings. The molecule has 2 N–H and O–H groups in total. The standard InChI is InChI=1S/C13H12N4O2/c14-13-11(17(18)19)5-6-12(15-13)16-8-7-9-3-1-2-4-10(9)16/h1-6H,7-8H2,(H2,14,15). The molecule has 0 bridgehead atoms. The minimum Gasteiger partial charge on any atom is -0.378 e. The van der Waals surface area contributed by atoms with E-state index in [1.165, 1.54) is 11.6 Å². The molecule has 1 aromatic heterocycles. The van der Waals surface area contributed by atoms with E-state index in [9.17, 15) is 10.1 Å². The molecule has 0 aliphatic carbocycles. The van der Waals surface area contributed by atoms with Gasteiger partial charge in [-0.15, -0.1) is 0 Å². The van der Waals surface area contributed by atoms with Crippen molar-refractivity contribution in [3.05, 3.63) is 52.1 Å². The van der Waals surface area contributed by atoms with Crippen LogP contribution < -0.4 is 10.6 Å². The van der Waals surface area contributed by atoms with Crippen molar-refractivity contribution in [1.82, 2.24) is 4.98 Å². The van der Waals surface area contributed by atoms with Crippen molar-refractivity contribution in [2.75, 3.05) is 17.2 Å². The molecular weight excluding hydrogens is 244 g/mol. The molecule has 6 nitrogen and oxygen atoms in total. The molecule has 0 saturated heterocycles. The Morgan fingerprint density at radius 2 is 2.05 bits per heavy atom. The number of rotatable bonds is 2. The highest BCUT2D eigenvalue weighted by atomic mass is 16.6. The number of aromatic nitrogens is 1. The fourth-order valence-electron chi connectivity index (χ4n) is 2.34. The van der Waals surface area contributed by atoms with Crippen LogP contribution in [0.5, 0.6) is 0 Å². The molecule has 0 unspecified atom stereocenters. The third-order valence-corrected chi connectivity index (χ3v) is 3.25. The molecule has 0 amide bonds. The van der Waals surface area contributed by atoms with E-state index >= 15 is 0 Å². The van der Waals surface area contributed by atoms with Gasteiger partial charge < -0.3 is 10.6 Å². The zero-order valence-corrected chi connectivity index (χ0v) is 10.1. The molecule has 0 spiro atoms. The Kier molecular flexibility index (Phi) is 2.56. The maximum absolute atomic E-state index is 10.7. The van der Waals surface area contributed by atoms with Gasteiger partial charge in [0, 0.05) is 18.3 Å². The molecule has 1 aromatic carbocycles. The Bertz CT molecular complexity index is 657. The summed E-state index contributed by atoms with van der Waals surface area (Å²) in [5, 5.41) is 10.7. The van der Waals surface area contributed by atoms with Crippen molar-refractivity contribution in [1.29, 1.82) is 0 Å². The number of pyridine rings is 1. The van der Waals surface area contributed by atoms with Gasteiger partial charge in [0.25, 0.3) is 0 Å². The summed E-state index contributed by atoms with van der Waals surface area (Å²) in [6.45, 7) is 0.809. The minimum absolute atomic E-state index is 0.0492. The second-order valence-corrected chi connectivity index (χ2v) is 4.36. The van der Waals surface area contributed by atoms with Gasteiger partial charge in [-0.3, -0.25) is 10.1 Å². The predicted octanol–water partition coefficient (Wildman–Crippen LogP) is 2.27. The van der Waals surface area contributed by atoms with Gasteiger partial charge >= 0.3 is 5.69 Å². The van der Waals surface area contributed by atoms with E-state index in [2.05, 4.69) is 11.1 Å². The number of hydrogen-bond donors (Lipinski definition) is 1. The van der Waals surface area contributed by atoms with Crippen LogP contribution in [0.25, 0.3) is 0 Å². The molecule has 19 heavy (non-hydrogen) atoms. The quantitative estimate of drug-likeness (QED) is 0.658. The third kappa shape index (κ3) is 1.87. The zero-order valence-electron chi connectivity index (χ0n) is 10.1. The van der Waals surface area contributed by atoms with Crippen molar-refractivity contribution in [2.24, 2.45) is 0 Å². The number of nitrogen functional groups attached to an aromatic ring is 1. The number of hydrogen-bond acceptors (Lipinski definition) is 5. The van der Waals surface area contributed by atoms with E-state index < -0.39 is 4.92 Å². The van der Waals surface area contributed by atoms with Gasteiger partial charge in [-0.05, 0) is 24.1 Å².